The van der Waals surface area contributed by atoms with Crippen molar-refractivity contribution < 1.29 is 22.4 Å². The lowest BCUT2D eigenvalue weighted by Crippen LogP contribution is -2.28. The number of amides is 1. The normalized spacial score (nSPS) is 11.7. The third-order valence-electron chi connectivity index (χ3n) is 4.60. The molecule has 4 nitrogen and oxygen atoms in total. The van der Waals surface area contributed by atoms with Crippen LogP contribution >= 0.6 is 11.3 Å². The van der Waals surface area contributed by atoms with Gasteiger partial charge in [0.2, 0.25) is 0 Å². The maximum absolute atomic E-state index is 14.0. The third-order valence-corrected chi connectivity index (χ3v) is 5.62. The maximum Gasteiger partial charge on any atom is 0.434 e. The van der Waals surface area contributed by atoms with Gasteiger partial charge in [0.05, 0.1) is 11.8 Å². The minimum Gasteiger partial charge on any atom is -0.352 e. The van der Waals surface area contributed by atoms with Crippen molar-refractivity contribution in [2.45, 2.75) is 12.6 Å². The van der Waals surface area contributed by atoms with Gasteiger partial charge in [-0.1, -0.05) is 30.3 Å². The average molecular weight is 433 g/mol. The zero-order valence-electron chi connectivity index (χ0n) is 15.4. The number of para-hydroxylation sites is 1. The number of carbonyl (C=O) groups excluding carboxylic acids is 1. The molecule has 0 bridgehead atoms. The summed E-state index contributed by atoms with van der Waals surface area (Å²) in [5.74, 6) is -1.79. The van der Waals surface area contributed by atoms with Gasteiger partial charge >= 0.3 is 6.18 Å². The monoisotopic (exact) mass is 433 g/mol. The molecule has 2 aromatic heterocycles. The summed E-state index contributed by atoms with van der Waals surface area (Å²) < 4.78 is 56.6. The summed E-state index contributed by atoms with van der Waals surface area (Å²) in [5.41, 5.74) is -1.34. The number of hydrogen-bond donors (Lipinski definition) is 1. The second-order valence-electron chi connectivity index (χ2n) is 6.53. The molecule has 0 aliphatic heterocycles. The summed E-state index contributed by atoms with van der Waals surface area (Å²) in [7, 11) is 0. The van der Waals surface area contributed by atoms with Crippen LogP contribution in [-0.4, -0.2) is 22.2 Å². The van der Waals surface area contributed by atoms with E-state index in [-0.39, 0.29) is 12.2 Å². The van der Waals surface area contributed by atoms with Crippen LogP contribution in [0.5, 0.6) is 0 Å². The molecule has 0 unspecified atom stereocenters. The van der Waals surface area contributed by atoms with Crippen LogP contribution in [0.1, 0.15) is 21.6 Å². The van der Waals surface area contributed by atoms with E-state index in [2.05, 4.69) is 10.4 Å². The first-order chi connectivity index (χ1) is 14.4. The molecule has 0 saturated carbocycles. The number of nitrogens with zero attached hydrogens (tertiary/aromatic N) is 2. The van der Waals surface area contributed by atoms with Crippen molar-refractivity contribution in [1.29, 1.82) is 0 Å². The average Bonchev–Trinajstić information content (AvgIpc) is 3.33. The van der Waals surface area contributed by atoms with E-state index in [4.69, 9.17) is 0 Å². The molecular formula is C21H15F4N3OS. The topological polar surface area (TPSA) is 46.9 Å². The van der Waals surface area contributed by atoms with Crippen LogP contribution in [-0.2, 0) is 12.6 Å². The van der Waals surface area contributed by atoms with Crippen molar-refractivity contribution in [1.82, 2.24) is 15.1 Å². The molecule has 0 spiro atoms. The Morgan fingerprint density at radius 1 is 1.10 bits per heavy atom. The molecule has 0 radical (unpaired) electrons. The number of benzene rings is 2. The Hall–Kier alpha value is -3.20. The van der Waals surface area contributed by atoms with Gasteiger partial charge in [-0.15, -0.1) is 11.3 Å². The molecule has 0 aliphatic rings. The Labute approximate surface area is 172 Å². The standard InChI is InChI=1S/C21H15F4N3OS/c22-16-6-2-3-7-17(16)28-19(21(23,24)25)15(11-27-28)20(29)26-10-9-13-12-30-18-8-4-1-5-14(13)18/h1-8,11-12H,9-10H2,(H,26,29). The smallest absolute Gasteiger partial charge is 0.352 e. The molecule has 0 saturated heterocycles. The number of fused-ring (bicyclic) bond motifs is 1. The number of carbonyl (C=O) groups is 1. The molecule has 0 fully saturated rings. The van der Waals surface area contributed by atoms with Gasteiger partial charge in [-0.2, -0.15) is 18.3 Å². The Kier molecular flexibility index (Phi) is 5.29. The number of thiophene rings is 1. The third kappa shape index (κ3) is 3.80. The second kappa shape index (κ2) is 7.91. The fourth-order valence-electron chi connectivity index (χ4n) is 3.23. The molecule has 1 N–H and O–H groups in total. The molecule has 9 heteroatoms. The predicted molar refractivity (Wildman–Crippen MR) is 106 cm³/mol. The quantitative estimate of drug-likeness (QED) is 0.439. The van der Waals surface area contributed by atoms with Crippen LogP contribution in [0, 0.1) is 5.82 Å². The lowest BCUT2D eigenvalue weighted by molar-refractivity contribution is -0.143. The van der Waals surface area contributed by atoms with E-state index in [0.29, 0.717) is 11.1 Å². The molecule has 2 heterocycles. The summed E-state index contributed by atoms with van der Waals surface area (Å²) in [5, 5.41) is 9.17. The van der Waals surface area contributed by atoms with E-state index in [1.807, 2.05) is 29.6 Å². The highest BCUT2D eigenvalue weighted by atomic mass is 32.1. The van der Waals surface area contributed by atoms with Crippen molar-refractivity contribution in [2.75, 3.05) is 6.54 Å². The van der Waals surface area contributed by atoms with Crippen molar-refractivity contribution >= 4 is 27.3 Å². The first kappa shape index (κ1) is 20.1. The second-order valence-corrected chi connectivity index (χ2v) is 7.44. The molecule has 1 amide bonds. The highest BCUT2D eigenvalue weighted by Crippen LogP contribution is 2.34. The van der Waals surface area contributed by atoms with Gasteiger partial charge in [-0.05, 0) is 40.9 Å². The first-order valence-corrected chi connectivity index (χ1v) is 9.87. The molecule has 4 aromatic rings. The van der Waals surface area contributed by atoms with Gasteiger partial charge in [0.15, 0.2) is 5.69 Å². The molecule has 0 aliphatic carbocycles. The number of hydrogen-bond acceptors (Lipinski definition) is 3. The van der Waals surface area contributed by atoms with Gasteiger partial charge in [0.1, 0.15) is 11.5 Å². The van der Waals surface area contributed by atoms with E-state index in [1.54, 1.807) is 11.3 Å². The summed E-state index contributed by atoms with van der Waals surface area (Å²) in [6.07, 6.45) is -3.61. The van der Waals surface area contributed by atoms with Crippen molar-refractivity contribution in [3.63, 3.8) is 0 Å². The SMILES string of the molecule is O=C(NCCc1csc2ccccc12)c1cnn(-c2ccccc2F)c1C(F)(F)F. The minimum atomic E-state index is -4.89. The lowest BCUT2D eigenvalue weighted by Gasteiger charge is -2.13. The molecule has 154 valence electrons. The summed E-state index contributed by atoms with van der Waals surface area (Å²) in [4.78, 5) is 12.5. The van der Waals surface area contributed by atoms with Gasteiger partial charge in [-0.3, -0.25) is 4.79 Å². The zero-order valence-corrected chi connectivity index (χ0v) is 16.2. The predicted octanol–water partition coefficient (Wildman–Crippen LogP) is 5.22. The Morgan fingerprint density at radius 2 is 1.83 bits per heavy atom. The van der Waals surface area contributed by atoms with Gasteiger partial charge in [0.25, 0.3) is 5.91 Å². The molecular weight excluding hydrogens is 418 g/mol. The molecule has 4 rings (SSSR count). The number of nitrogens with one attached hydrogen (secondary N) is 1. The highest BCUT2D eigenvalue weighted by Gasteiger charge is 2.40. The van der Waals surface area contributed by atoms with Crippen molar-refractivity contribution in [3.05, 3.63) is 82.7 Å². The Balaban J connectivity index is 1.56. The van der Waals surface area contributed by atoms with Crippen molar-refractivity contribution in [2.24, 2.45) is 0 Å². The fourth-order valence-corrected chi connectivity index (χ4v) is 4.22. The zero-order chi connectivity index (χ0) is 21.3. The van der Waals surface area contributed by atoms with E-state index in [1.165, 1.54) is 18.2 Å². The maximum atomic E-state index is 14.0. The van der Waals surface area contributed by atoms with Crippen LogP contribution < -0.4 is 5.32 Å². The summed E-state index contributed by atoms with van der Waals surface area (Å²) in [6.45, 7) is 0.155. The van der Waals surface area contributed by atoms with Crippen LogP contribution in [0.4, 0.5) is 17.6 Å². The largest absolute Gasteiger partial charge is 0.434 e. The number of rotatable bonds is 5. The van der Waals surface area contributed by atoms with E-state index in [9.17, 15) is 22.4 Å². The van der Waals surface area contributed by atoms with Crippen LogP contribution in [0.3, 0.4) is 0 Å². The minimum absolute atomic E-state index is 0.155. The fraction of sp³-hybridized carbons (Fsp3) is 0.143. The van der Waals surface area contributed by atoms with E-state index in [0.717, 1.165) is 27.9 Å². The highest BCUT2D eigenvalue weighted by molar-refractivity contribution is 7.17. The Bertz CT molecular complexity index is 1210. The molecule has 2 aromatic carbocycles. The van der Waals surface area contributed by atoms with Crippen LogP contribution in [0.2, 0.25) is 0 Å². The van der Waals surface area contributed by atoms with Gasteiger partial charge in [0, 0.05) is 11.2 Å². The van der Waals surface area contributed by atoms with Crippen molar-refractivity contribution in [3.8, 4) is 5.69 Å². The lowest BCUT2D eigenvalue weighted by atomic mass is 10.1. The van der Waals surface area contributed by atoms with Crippen LogP contribution in [0.15, 0.2) is 60.1 Å². The van der Waals surface area contributed by atoms with E-state index >= 15 is 0 Å². The van der Waals surface area contributed by atoms with E-state index < -0.39 is 29.2 Å². The molecule has 0 atom stereocenters. The first-order valence-electron chi connectivity index (χ1n) is 8.99. The molecule has 30 heavy (non-hydrogen) atoms. The summed E-state index contributed by atoms with van der Waals surface area (Å²) >= 11 is 1.57. The van der Waals surface area contributed by atoms with Gasteiger partial charge < -0.3 is 5.32 Å². The number of alkyl halides is 3. The number of aromatic nitrogens is 2. The number of halogens is 4. The Morgan fingerprint density at radius 3 is 2.60 bits per heavy atom. The van der Waals surface area contributed by atoms with Crippen LogP contribution in [0.25, 0.3) is 15.8 Å². The van der Waals surface area contributed by atoms with Gasteiger partial charge in [-0.25, -0.2) is 9.07 Å². The summed E-state index contributed by atoms with van der Waals surface area (Å²) in [6, 6.07) is 12.7.